The fourth-order valence-corrected chi connectivity index (χ4v) is 9.47. The molecule has 2 saturated heterocycles. The lowest BCUT2D eigenvalue weighted by atomic mass is 9.44. The number of esters is 3. The molecule has 12 unspecified atom stereocenters. The van der Waals surface area contributed by atoms with Gasteiger partial charge in [-0.2, -0.15) is 0 Å². The largest absolute Gasteiger partial charge is 0.457 e. The molecule has 2 saturated carbocycles. The predicted molar refractivity (Wildman–Crippen MR) is 181 cm³/mol. The molecule has 1 aromatic carbocycles. The topological polar surface area (TPSA) is 226 Å². The molecule has 12 atom stereocenters. The molecule has 1 aromatic rings. The summed E-state index contributed by atoms with van der Waals surface area (Å²) in [6.07, 6.45) is -9.48. The third kappa shape index (κ3) is 5.95. The van der Waals surface area contributed by atoms with Crippen LogP contribution in [0.15, 0.2) is 53.8 Å². The van der Waals surface area contributed by atoms with E-state index >= 15 is 0 Å². The van der Waals surface area contributed by atoms with Crippen LogP contribution < -0.4 is 11.1 Å². The number of aliphatic hydroxyl groups excluding tert-OH is 3. The van der Waals surface area contributed by atoms with Gasteiger partial charge >= 0.3 is 17.9 Å². The van der Waals surface area contributed by atoms with E-state index in [1.165, 1.54) is 6.92 Å². The van der Waals surface area contributed by atoms with Crippen molar-refractivity contribution in [1.29, 1.82) is 0 Å². The summed E-state index contributed by atoms with van der Waals surface area (Å²) in [5.74, 6) is -3.33. The summed E-state index contributed by atoms with van der Waals surface area (Å²) in [5.41, 5.74) is 1.16. The first-order valence-electron chi connectivity index (χ1n) is 17.6. The Morgan fingerprint density at radius 2 is 1.83 bits per heavy atom. The van der Waals surface area contributed by atoms with Gasteiger partial charge in [0.25, 0.3) is 0 Å². The molecule has 15 heteroatoms. The Hall–Kier alpha value is -3.41. The van der Waals surface area contributed by atoms with E-state index in [0.29, 0.717) is 11.1 Å². The first-order valence-corrected chi connectivity index (χ1v) is 17.6. The van der Waals surface area contributed by atoms with Crippen LogP contribution in [0.4, 0.5) is 0 Å². The van der Waals surface area contributed by atoms with Crippen LogP contribution >= 0.6 is 0 Å². The van der Waals surface area contributed by atoms with Crippen LogP contribution in [0.5, 0.6) is 0 Å². The molecule has 286 valence electrons. The quantitative estimate of drug-likeness (QED) is 0.0838. The van der Waals surface area contributed by atoms with Gasteiger partial charge in [0.2, 0.25) is 0 Å². The summed E-state index contributed by atoms with van der Waals surface area (Å²) in [4.78, 5) is 40.5. The molecule has 2 bridgehead atoms. The van der Waals surface area contributed by atoms with Gasteiger partial charge < -0.3 is 59.9 Å². The second kappa shape index (κ2) is 13.8. The average molecular weight is 731 g/mol. The third-order valence-corrected chi connectivity index (χ3v) is 12.1. The van der Waals surface area contributed by atoms with Crippen LogP contribution in [-0.2, 0) is 38.0 Å². The minimum absolute atomic E-state index is 0.0441. The molecule has 0 radical (unpaired) electrons. The van der Waals surface area contributed by atoms with E-state index in [0.717, 1.165) is 0 Å². The van der Waals surface area contributed by atoms with E-state index in [4.69, 9.17) is 34.2 Å². The highest BCUT2D eigenvalue weighted by Gasteiger charge is 2.79. The molecule has 0 amide bonds. The van der Waals surface area contributed by atoms with Crippen molar-refractivity contribution in [3.05, 3.63) is 59.3 Å². The standard InChI is InChI=1S/C37H50N2O13/c1-18(39-25(43)16-40)12-26(44)48-22-14-37(46)32(51-33(45)21-10-8-7-9-11-21)30-35(6,23(42)13-24-36(30,17-47-24)52-20(3)41)31-29(49-27(15-38)50-31)28(19(22)2)34(37,4)5/h7-11,22-25,27,29-32,39-40,42-43,46H,1,12-17,38H2,2-6H3. The van der Waals surface area contributed by atoms with Crippen molar-refractivity contribution in [1.82, 2.24) is 5.32 Å². The summed E-state index contributed by atoms with van der Waals surface area (Å²) >= 11 is 0. The Morgan fingerprint density at radius 3 is 2.42 bits per heavy atom. The van der Waals surface area contributed by atoms with E-state index in [9.17, 15) is 34.8 Å². The van der Waals surface area contributed by atoms with Gasteiger partial charge in [-0.05, 0) is 30.2 Å². The molecule has 4 fully saturated rings. The van der Waals surface area contributed by atoms with Gasteiger partial charge in [0.05, 0.1) is 43.3 Å². The van der Waals surface area contributed by atoms with Crippen LogP contribution in [-0.4, -0.2) is 118 Å². The highest BCUT2D eigenvalue weighted by Crippen LogP contribution is 2.66. The SMILES string of the molecule is C=C(CC(=O)OC1CC2(O)C(OC(=O)c3ccccc3)C3C4(OC(C)=O)COC4CC(O)C3(C)C3OC(CN)OC3C(=C1C)C2(C)C)NC(O)CO. The number of hydrogen-bond donors (Lipinski definition) is 6. The third-order valence-electron chi connectivity index (χ3n) is 12.1. The first-order chi connectivity index (χ1) is 24.4. The highest BCUT2D eigenvalue weighted by molar-refractivity contribution is 5.89. The number of benzene rings is 1. The zero-order valence-electron chi connectivity index (χ0n) is 30.1. The molecule has 7 N–H and O–H groups in total. The van der Waals surface area contributed by atoms with Crippen LogP contribution in [0.1, 0.15) is 64.2 Å². The van der Waals surface area contributed by atoms with Gasteiger partial charge in [0.1, 0.15) is 36.2 Å². The van der Waals surface area contributed by atoms with Crippen LogP contribution in [0, 0.1) is 16.7 Å². The Kier molecular flexibility index (Phi) is 10.2. The molecular weight excluding hydrogens is 680 g/mol. The molecule has 3 aliphatic carbocycles. The van der Waals surface area contributed by atoms with Gasteiger partial charge in [-0.3, -0.25) is 9.59 Å². The van der Waals surface area contributed by atoms with E-state index < -0.39 is 102 Å². The van der Waals surface area contributed by atoms with Crippen LogP contribution in [0.25, 0.3) is 0 Å². The number of nitrogens with two attached hydrogens (primary N) is 1. The second-order valence-corrected chi connectivity index (χ2v) is 15.4. The average Bonchev–Trinajstić information content (AvgIpc) is 3.51. The molecule has 0 aromatic heterocycles. The van der Waals surface area contributed by atoms with E-state index in [1.807, 2.05) is 0 Å². The number of nitrogens with one attached hydrogen (secondary N) is 1. The van der Waals surface area contributed by atoms with Gasteiger partial charge in [-0.25, -0.2) is 4.79 Å². The molecule has 52 heavy (non-hydrogen) atoms. The van der Waals surface area contributed by atoms with Crippen molar-refractivity contribution in [2.45, 2.75) is 114 Å². The monoisotopic (exact) mass is 730 g/mol. The molecule has 15 nitrogen and oxygen atoms in total. The van der Waals surface area contributed by atoms with Crippen molar-refractivity contribution in [3.63, 3.8) is 0 Å². The molecular formula is C37H50N2O13. The van der Waals surface area contributed by atoms with E-state index in [2.05, 4.69) is 11.9 Å². The fourth-order valence-electron chi connectivity index (χ4n) is 9.47. The van der Waals surface area contributed by atoms with Crippen molar-refractivity contribution in [3.8, 4) is 0 Å². The fraction of sp³-hybridized carbons (Fsp3) is 0.649. The number of ether oxygens (including phenoxy) is 6. The first kappa shape index (κ1) is 38.3. The van der Waals surface area contributed by atoms with E-state index in [1.54, 1.807) is 58.0 Å². The summed E-state index contributed by atoms with van der Waals surface area (Å²) in [6, 6.07) is 8.21. The molecule has 5 aliphatic rings. The minimum atomic E-state index is -2.08. The Morgan fingerprint density at radius 1 is 1.13 bits per heavy atom. The summed E-state index contributed by atoms with van der Waals surface area (Å²) in [7, 11) is 0. The van der Waals surface area contributed by atoms with Gasteiger partial charge in [0.15, 0.2) is 11.9 Å². The number of rotatable bonds is 10. The number of hydrogen-bond acceptors (Lipinski definition) is 15. The Bertz CT molecular complexity index is 1620. The zero-order valence-corrected chi connectivity index (χ0v) is 30.1. The van der Waals surface area contributed by atoms with Crippen molar-refractivity contribution in [2.75, 3.05) is 19.8 Å². The second-order valence-electron chi connectivity index (χ2n) is 15.4. The van der Waals surface area contributed by atoms with Crippen LogP contribution in [0.3, 0.4) is 0 Å². The minimum Gasteiger partial charge on any atom is -0.457 e. The Balaban J connectivity index is 1.56. The maximum atomic E-state index is 14.1. The predicted octanol–water partition coefficient (Wildman–Crippen LogP) is 0.576. The maximum Gasteiger partial charge on any atom is 0.338 e. The van der Waals surface area contributed by atoms with E-state index in [-0.39, 0.29) is 43.7 Å². The molecule has 2 aliphatic heterocycles. The van der Waals surface area contributed by atoms with Gasteiger partial charge in [-0.1, -0.05) is 45.5 Å². The maximum absolute atomic E-state index is 14.1. The van der Waals surface area contributed by atoms with Crippen molar-refractivity contribution < 1.29 is 63.2 Å². The normalized spacial score (nSPS) is 39.3. The Labute approximate surface area is 302 Å². The summed E-state index contributed by atoms with van der Waals surface area (Å²) in [5, 5.41) is 47.2. The number of carbonyl (C=O) groups is 3. The van der Waals surface area contributed by atoms with Gasteiger partial charge in [0, 0.05) is 42.8 Å². The zero-order chi connectivity index (χ0) is 38.0. The number of fused-ring (bicyclic) bond motifs is 8. The summed E-state index contributed by atoms with van der Waals surface area (Å²) in [6.45, 7) is 11.3. The smallest absolute Gasteiger partial charge is 0.338 e. The highest BCUT2D eigenvalue weighted by atomic mass is 16.7. The van der Waals surface area contributed by atoms with Crippen molar-refractivity contribution >= 4 is 17.9 Å². The molecule has 0 spiro atoms. The lowest BCUT2D eigenvalue weighted by molar-refractivity contribution is -0.362. The molecule has 2 heterocycles. The lowest BCUT2D eigenvalue weighted by Crippen LogP contribution is -2.82. The lowest BCUT2D eigenvalue weighted by Gasteiger charge is -2.68. The number of carbonyl (C=O) groups excluding carboxylic acids is 3. The van der Waals surface area contributed by atoms with Gasteiger partial charge in [-0.15, -0.1) is 0 Å². The summed E-state index contributed by atoms with van der Waals surface area (Å²) < 4.78 is 37.7. The number of aliphatic hydroxyl groups is 4. The van der Waals surface area contributed by atoms with Crippen molar-refractivity contribution in [2.24, 2.45) is 22.5 Å². The van der Waals surface area contributed by atoms with Crippen LogP contribution in [0.2, 0.25) is 0 Å². The molecule has 6 rings (SSSR count).